The smallest absolute Gasteiger partial charge is 0.270 e. The zero-order valence-corrected chi connectivity index (χ0v) is 15.1. The first-order chi connectivity index (χ1) is 13.6. The third kappa shape index (κ3) is 3.95. The summed E-state index contributed by atoms with van der Waals surface area (Å²) >= 11 is 0. The number of carbonyl (C=O) groups is 1. The average molecular weight is 373 g/mol. The van der Waals surface area contributed by atoms with Crippen molar-refractivity contribution < 1.29 is 14.6 Å². The van der Waals surface area contributed by atoms with E-state index in [2.05, 4.69) is 16.4 Å². The summed E-state index contributed by atoms with van der Waals surface area (Å²) in [6, 6.07) is 18.0. The van der Waals surface area contributed by atoms with E-state index in [9.17, 15) is 9.90 Å². The summed E-state index contributed by atoms with van der Waals surface area (Å²) in [4.78, 5) is 16.8. The number of fused-ring (bicyclic) bond motifs is 1. The molecule has 1 aliphatic carbocycles. The van der Waals surface area contributed by atoms with Crippen LogP contribution in [0.1, 0.15) is 35.3 Å². The molecule has 2 aromatic carbocycles. The maximum atomic E-state index is 12.4. The van der Waals surface area contributed by atoms with Gasteiger partial charge >= 0.3 is 0 Å². The Morgan fingerprint density at radius 2 is 1.89 bits per heavy atom. The summed E-state index contributed by atoms with van der Waals surface area (Å²) in [7, 11) is 0. The Hall–Kier alpha value is -3.43. The van der Waals surface area contributed by atoms with E-state index in [1.54, 1.807) is 36.4 Å². The number of ether oxygens (including phenoxy) is 1. The third-order valence-corrected chi connectivity index (χ3v) is 4.85. The number of aliphatic hydroxyl groups is 1. The minimum Gasteiger partial charge on any atom is -0.457 e. The number of aromatic nitrogens is 1. The zero-order valence-electron chi connectivity index (χ0n) is 15.1. The highest BCUT2D eigenvalue weighted by Gasteiger charge is 2.24. The predicted molar refractivity (Wildman–Crippen MR) is 104 cm³/mol. The lowest BCUT2D eigenvalue weighted by molar-refractivity contribution is 0.0929. The summed E-state index contributed by atoms with van der Waals surface area (Å²) in [6.07, 6.45) is 1.77. The Morgan fingerprint density at radius 3 is 2.61 bits per heavy atom. The maximum absolute atomic E-state index is 12.4. The van der Waals surface area contributed by atoms with Crippen molar-refractivity contribution in [2.75, 3.05) is 0 Å². The van der Waals surface area contributed by atoms with Crippen molar-refractivity contribution in [1.82, 2.24) is 10.3 Å². The fraction of sp³-hybridized carbons (Fsp3) is 0.227. The number of aliphatic hydroxyl groups excluding tert-OH is 1. The van der Waals surface area contributed by atoms with Gasteiger partial charge in [-0.3, -0.25) is 4.79 Å². The van der Waals surface area contributed by atoms with Crippen LogP contribution in [0.2, 0.25) is 0 Å². The highest BCUT2D eigenvalue weighted by Crippen LogP contribution is 2.26. The van der Waals surface area contributed by atoms with Gasteiger partial charge in [-0.05, 0) is 67.8 Å². The van der Waals surface area contributed by atoms with E-state index in [0.29, 0.717) is 34.7 Å². The molecule has 2 unspecified atom stereocenters. The van der Waals surface area contributed by atoms with Crippen molar-refractivity contribution in [3.05, 3.63) is 65.9 Å². The van der Waals surface area contributed by atoms with Crippen LogP contribution < -0.4 is 10.1 Å². The summed E-state index contributed by atoms with van der Waals surface area (Å²) < 4.78 is 5.82. The summed E-state index contributed by atoms with van der Waals surface area (Å²) in [5.74, 6) is 1.07. The highest BCUT2D eigenvalue weighted by atomic mass is 16.5. The molecule has 0 aliphatic heterocycles. The number of amides is 1. The number of nitriles is 1. The quantitative estimate of drug-likeness (QED) is 0.729. The minimum absolute atomic E-state index is 0.00296. The third-order valence-electron chi connectivity index (χ3n) is 4.85. The number of hydrogen-bond donors (Lipinski definition) is 2. The second-order valence-corrected chi connectivity index (χ2v) is 6.93. The van der Waals surface area contributed by atoms with E-state index in [0.717, 1.165) is 18.2 Å². The first-order valence-electron chi connectivity index (χ1n) is 9.18. The number of hydrogen-bond acceptors (Lipinski definition) is 5. The monoisotopic (exact) mass is 373 g/mol. The number of nitrogens with one attached hydrogen (secondary N) is 1. The van der Waals surface area contributed by atoms with E-state index in [4.69, 9.17) is 10.00 Å². The van der Waals surface area contributed by atoms with Gasteiger partial charge in [-0.2, -0.15) is 5.26 Å². The van der Waals surface area contributed by atoms with Gasteiger partial charge in [0.05, 0.1) is 23.3 Å². The second kappa shape index (κ2) is 7.67. The molecule has 0 radical (unpaired) electrons. The van der Waals surface area contributed by atoms with Gasteiger partial charge in [0.2, 0.25) is 0 Å². The van der Waals surface area contributed by atoms with Gasteiger partial charge in [-0.1, -0.05) is 6.07 Å². The molecule has 2 atom stereocenters. The predicted octanol–water partition coefficient (Wildman–Crippen LogP) is 3.54. The van der Waals surface area contributed by atoms with Crippen molar-refractivity contribution >= 4 is 16.8 Å². The van der Waals surface area contributed by atoms with Crippen LogP contribution in [0.3, 0.4) is 0 Å². The Kier molecular flexibility index (Phi) is 4.92. The van der Waals surface area contributed by atoms with Crippen LogP contribution >= 0.6 is 0 Å². The van der Waals surface area contributed by atoms with Gasteiger partial charge in [-0.15, -0.1) is 0 Å². The standard InChI is InChI=1S/C22H19N3O3/c23-13-14-1-6-18(7-2-14)28-19-8-10-20-15(11-19)3-9-21(25-20)22(27)24-16-4-5-17(26)12-16/h1-3,6-11,16-17,26H,4-5,12H2,(H,24,27). The first-order valence-corrected chi connectivity index (χ1v) is 9.18. The molecule has 28 heavy (non-hydrogen) atoms. The molecule has 1 heterocycles. The van der Waals surface area contributed by atoms with Crippen LogP contribution in [0.5, 0.6) is 11.5 Å². The molecule has 6 nitrogen and oxygen atoms in total. The molecule has 3 aromatic rings. The molecule has 1 saturated carbocycles. The largest absolute Gasteiger partial charge is 0.457 e. The van der Waals surface area contributed by atoms with Crippen molar-refractivity contribution in [3.8, 4) is 17.6 Å². The molecule has 1 aromatic heterocycles. The molecule has 1 fully saturated rings. The molecule has 1 aliphatic rings. The van der Waals surface area contributed by atoms with Crippen molar-refractivity contribution in [1.29, 1.82) is 5.26 Å². The van der Waals surface area contributed by atoms with Crippen molar-refractivity contribution in [3.63, 3.8) is 0 Å². The van der Waals surface area contributed by atoms with Gasteiger partial charge < -0.3 is 15.2 Å². The number of carbonyl (C=O) groups excluding carboxylic acids is 1. The van der Waals surface area contributed by atoms with E-state index in [-0.39, 0.29) is 18.1 Å². The number of benzene rings is 2. The molecule has 2 N–H and O–H groups in total. The van der Waals surface area contributed by atoms with Crippen LogP contribution in [0.4, 0.5) is 0 Å². The van der Waals surface area contributed by atoms with Crippen molar-refractivity contribution in [2.45, 2.75) is 31.4 Å². The SMILES string of the molecule is N#Cc1ccc(Oc2ccc3nc(C(=O)NC4CCC(O)C4)ccc3c2)cc1. The molecular formula is C22H19N3O3. The summed E-state index contributed by atoms with van der Waals surface area (Å²) in [5, 5.41) is 22.2. The Balaban J connectivity index is 1.49. The first kappa shape index (κ1) is 18.0. The zero-order chi connectivity index (χ0) is 19.5. The van der Waals surface area contributed by atoms with Crippen molar-refractivity contribution in [2.24, 2.45) is 0 Å². The van der Waals surface area contributed by atoms with Crippen LogP contribution in [0.25, 0.3) is 10.9 Å². The lowest BCUT2D eigenvalue weighted by atomic mass is 10.1. The number of nitrogens with zero attached hydrogens (tertiary/aromatic N) is 2. The Labute approximate surface area is 162 Å². The van der Waals surface area contributed by atoms with Crippen LogP contribution in [-0.2, 0) is 0 Å². The molecule has 0 saturated heterocycles. The van der Waals surface area contributed by atoms with Gasteiger partial charge in [-0.25, -0.2) is 4.98 Å². The molecule has 0 spiro atoms. The molecule has 0 bridgehead atoms. The van der Waals surface area contributed by atoms with Gasteiger partial charge in [0.15, 0.2) is 0 Å². The number of pyridine rings is 1. The maximum Gasteiger partial charge on any atom is 0.270 e. The number of rotatable bonds is 4. The summed E-state index contributed by atoms with van der Waals surface area (Å²) in [5.41, 5.74) is 1.63. The molecule has 4 rings (SSSR count). The molecule has 140 valence electrons. The van der Waals surface area contributed by atoms with E-state index in [1.165, 1.54) is 0 Å². The normalized spacial score (nSPS) is 18.6. The van der Waals surface area contributed by atoms with E-state index < -0.39 is 0 Å². The average Bonchev–Trinajstić information content (AvgIpc) is 3.12. The Morgan fingerprint density at radius 1 is 1.11 bits per heavy atom. The molecule has 6 heteroatoms. The minimum atomic E-state index is -0.329. The highest BCUT2D eigenvalue weighted by molar-refractivity contribution is 5.95. The van der Waals surface area contributed by atoms with Gasteiger partial charge in [0, 0.05) is 11.4 Å². The summed E-state index contributed by atoms with van der Waals surface area (Å²) in [6.45, 7) is 0. The molecular weight excluding hydrogens is 354 g/mol. The van der Waals surface area contributed by atoms with Crippen LogP contribution in [0, 0.1) is 11.3 Å². The Bertz CT molecular complexity index is 1060. The van der Waals surface area contributed by atoms with E-state index in [1.807, 2.05) is 18.2 Å². The lowest BCUT2D eigenvalue weighted by Crippen LogP contribution is -2.33. The fourth-order valence-corrected chi connectivity index (χ4v) is 3.38. The topological polar surface area (TPSA) is 95.2 Å². The van der Waals surface area contributed by atoms with Crippen LogP contribution in [-0.4, -0.2) is 28.1 Å². The van der Waals surface area contributed by atoms with Gasteiger partial charge in [0.1, 0.15) is 17.2 Å². The van der Waals surface area contributed by atoms with Gasteiger partial charge in [0.25, 0.3) is 5.91 Å². The lowest BCUT2D eigenvalue weighted by Gasteiger charge is -2.12. The molecule has 1 amide bonds. The van der Waals surface area contributed by atoms with E-state index >= 15 is 0 Å². The van der Waals surface area contributed by atoms with Crippen LogP contribution in [0.15, 0.2) is 54.6 Å². The second-order valence-electron chi connectivity index (χ2n) is 6.93. The fourth-order valence-electron chi connectivity index (χ4n) is 3.38.